The van der Waals surface area contributed by atoms with Crippen LogP contribution < -0.4 is 5.32 Å². The zero-order chi connectivity index (χ0) is 12.9. The smallest absolute Gasteiger partial charge is 0.130 e. The van der Waals surface area contributed by atoms with Crippen molar-refractivity contribution >= 4 is 5.82 Å². The van der Waals surface area contributed by atoms with Gasteiger partial charge in [-0.3, -0.25) is 0 Å². The van der Waals surface area contributed by atoms with Gasteiger partial charge in [-0.15, -0.1) is 0 Å². The second kappa shape index (κ2) is 5.90. The quantitative estimate of drug-likeness (QED) is 0.547. The fourth-order valence-electron chi connectivity index (χ4n) is 1.30. The highest BCUT2D eigenvalue weighted by molar-refractivity contribution is 5.39. The summed E-state index contributed by atoms with van der Waals surface area (Å²) in [5, 5.41) is 30.4. The molecule has 1 aromatic rings. The molecule has 0 aliphatic rings. The van der Waals surface area contributed by atoms with Crippen molar-refractivity contribution in [3.63, 3.8) is 0 Å². The summed E-state index contributed by atoms with van der Waals surface area (Å²) < 4.78 is 0. The topological polar surface area (TPSA) is 98.5 Å². The SMILES string of the molecule is CC(C)c1cc(NC(CO)(CO)CO)ncn1. The maximum atomic E-state index is 9.19. The second-order valence-electron chi connectivity index (χ2n) is 4.36. The number of aliphatic hydroxyl groups excluding tert-OH is 3. The third kappa shape index (κ3) is 3.36. The number of anilines is 1. The largest absolute Gasteiger partial charge is 0.394 e. The predicted molar refractivity (Wildman–Crippen MR) is 63.7 cm³/mol. The van der Waals surface area contributed by atoms with E-state index in [0.29, 0.717) is 5.82 Å². The number of rotatable bonds is 6. The summed E-state index contributed by atoms with van der Waals surface area (Å²) in [4.78, 5) is 8.10. The summed E-state index contributed by atoms with van der Waals surface area (Å²) in [6.07, 6.45) is 1.41. The monoisotopic (exact) mass is 241 g/mol. The summed E-state index contributed by atoms with van der Waals surface area (Å²) in [7, 11) is 0. The maximum absolute atomic E-state index is 9.19. The van der Waals surface area contributed by atoms with Crippen LogP contribution in [0.25, 0.3) is 0 Å². The van der Waals surface area contributed by atoms with Gasteiger partial charge in [-0.05, 0) is 5.92 Å². The van der Waals surface area contributed by atoms with E-state index in [9.17, 15) is 15.3 Å². The average Bonchev–Trinajstić information content (AvgIpc) is 2.36. The summed E-state index contributed by atoms with van der Waals surface area (Å²) in [5.74, 6) is 0.728. The lowest BCUT2D eigenvalue weighted by atomic mass is 10.0. The van der Waals surface area contributed by atoms with Crippen molar-refractivity contribution in [2.24, 2.45) is 0 Å². The van der Waals surface area contributed by atoms with Crippen molar-refractivity contribution in [1.29, 1.82) is 0 Å². The first-order valence-electron chi connectivity index (χ1n) is 5.49. The molecule has 4 N–H and O–H groups in total. The van der Waals surface area contributed by atoms with E-state index in [4.69, 9.17) is 0 Å². The van der Waals surface area contributed by atoms with Gasteiger partial charge in [0.25, 0.3) is 0 Å². The van der Waals surface area contributed by atoms with Gasteiger partial charge in [0.15, 0.2) is 0 Å². The number of hydrogen-bond donors (Lipinski definition) is 4. The van der Waals surface area contributed by atoms with Crippen LogP contribution in [0.3, 0.4) is 0 Å². The molecule has 0 amide bonds. The van der Waals surface area contributed by atoms with Crippen LogP contribution in [0.4, 0.5) is 5.82 Å². The lowest BCUT2D eigenvalue weighted by Crippen LogP contribution is -2.49. The second-order valence-corrected chi connectivity index (χ2v) is 4.36. The molecule has 0 radical (unpaired) electrons. The van der Waals surface area contributed by atoms with Crippen molar-refractivity contribution < 1.29 is 15.3 Å². The van der Waals surface area contributed by atoms with Gasteiger partial charge in [-0.2, -0.15) is 0 Å². The van der Waals surface area contributed by atoms with Gasteiger partial charge in [0.2, 0.25) is 0 Å². The molecule has 1 heterocycles. The number of nitrogens with zero attached hydrogens (tertiary/aromatic N) is 2. The molecular formula is C11H19N3O3. The summed E-state index contributed by atoms with van der Waals surface area (Å²) in [5.41, 5.74) is -0.312. The van der Waals surface area contributed by atoms with Crippen molar-refractivity contribution in [2.75, 3.05) is 25.1 Å². The molecule has 0 fully saturated rings. The van der Waals surface area contributed by atoms with Crippen LogP contribution >= 0.6 is 0 Å². The average molecular weight is 241 g/mol. The zero-order valence-corrected chi connectivity index (χ0v) is 10.1. The van der Waals surface area contributed by atoms with Crippen LogP contribution in [-0.2, 0) is 0 Å². The molecule has 6 heteroatoms. The summed E-state index contributed by atoms with van der Waals surface area (Å²) in [6, 6.07) is 1.74. The molecule has 17 heavy (non-hydrogen) atoms. The molecule has 0 unspecified atom stereocenters. The Morgan fingerprint density at radius 2 is 1.76 bits per heavy atom. The minimum atomic E-state index is -1.16. The van der Waals surface area contributed by atoms with E-state index in [1.54, 1.807) is 6.07 Å². The fraction of sp³-hybridized carbons (Fsp3) is 0.636. The van der Waals surface area contributed by atoms with Crippen molar-refractivity contribution in [1.82, 2.24) is 9.97 Å². The van der Waals surface area contributed by atoms with E-state index < -0.39 is 5.54 Å². The van der Waals surface area contributed by atoms with Crippen LogP contribution in [0.5, 0.6) is 0 Å². The molecule has 0 bridgehead atoms. The molecule has 0 aliphatic carbocycles. The van der Waals surface area contributed by atoms with Crippen LogP contribution in [0.1, 0.15) is 25.5 Å². The van der Waals surface area contributed by atoms with Crippen LogP contribution in [0.15, 0.2) is 12.4 Å². The van der Waals surface area contributed by atoms with Crippen molar-refractivity contribution in [2.45, 2.75) is 25.3 Å². The first-order valence-corrected chi connectivity index (χ1v) is 5.49. The fourth-order valence-corrected chi connectivity index (χ4v) is 1.30. The van der Waals surface area contributed by atoms with Crippen molar-refractivity contribution in [3.05, 3.63) is 18.1 Å². The Kier molecular flexibility index (Phi) is 4.80. The Balaban J connectivity index is 2.90. The van der Waals surface area contributed by atoms with Gasteiger partial charge in [0.1, 0.15) is 17.7 Å². The molecule has 0 spiro atoms. The number of aromatic nitrogens is 2. The lowest BCUT2D eigenvalue weighted by Gasteiger charge is -2.29. The normalized spacial score (nSPS) is 11.9. The molecule has 0 aliphatic heterocycles. The van der Waals surface area contributed by atoms with E-state index in [1.807, 2.05) is 13.8 Å². The Morgan fingerprint density at radius 3 is 2.24 bits per heavy atom. The highest BCUT2D eigenvalue weighted by atomic mass is 16.3. The highest BCUT2D eigenvalue weighted by Gasteiger charge is 2.28. The Bertz CT molecular complexity index is 345. The molecule has 0 atom stereocenters. The molecular weight excluding hydrogens is 222 g/mol. The molecule has 0 saturated heterocycles. The van der Waals surface area contributed by atoms with Crippen LogP contribution in [-0.4, -0.2) is 50.6 Å². The standard InChI is InChI=1S/C11H19N3O3/c1-8(2)9-3-10(13-7-12-9)14-11(4-15,5-16)6-17/h3,7-8,15-17H,4-6H2,1-2H3,(H,12,13,14). The minimum absolute atomic E-state index is 0.255. The third-order valence-corrected chi connectivity index (χ3v) is 2.58. The zero-order valence-electron chi connectivity index (χ0n) is 10.1. The van der Waals surface area contributed by atoms with Gasteiger partial charge >= 0.3 is 0 Å². The van der Waals surface area contributed by atoms with Gasteiger partial charge in [0, 0.05) is 11.8 Å². The first kappa shape index (κ1) is 13.8. The van der Waals surface area contributed by atoms with Gasteiger partial charge < -0.3 is 20.6 Å². The molecule has 96 valence electrons. The van der Waals surface area contributed by atoms with E-state index in [-0.39, 0.29) is 25.7 Å². The maximum Gasteiger partial charge on any atom is 0.130 e. The Morgan fingerprint density at radius 1 is 1.18 bits per heavy atom. The third-order valence-electron chi connectivity index (χ3n) is 2.58. The van der Waals surface area contributed by atoms with Gasteiger partial charge in [-0.1, -0.05) is 13.8 Å². The molecule has 1 rings (SSSR count). The molecule has 6 nitrogen and oxygen atoms in total. The lowest BCUT2D eigenvalue weighted by molar-refractivity contribution is 0.0831. The van der Waals surface area contributed by atoms with Crippen molar-refractivity contribution in [3.8, 4) is 0 Å². The predicted octanol–water partition coefficient (Wildman–Crippen LogP) is -0.272. The van der Waals surface area contributed by atoms with E-state index in [2.05, 4.69) is 15.3 Å². The van der Waals surface area contributed by atoms with Crippen LogP contribution in [0.2, 0.25) is 0 Å². The van der Waals surface area contributed by atoms with Gasteiger partial charge in [0.05, 0.1) is 19.8 Å². The minimum Gasteiger partial charge on any atom is -0.394 e. The van der Waals surface area contributed by atoms with Gasteiger partial charge in [-0.25, -0.2) is 9.97 Å². The first-order chi connectivity index (χ1) is 8.06. The van der Waals surface area contributed by atoms with E-state index >= 15 is 0 Å². The Hall–Kier alpha value is -1.24. The Labute approximate surface area is 100 Å². The highest BCUT2D eigenvalue weighted by Crippen LogP contribution is 2.17. The number of nitrogens with one attached hydrogen (secondary N) is 1. The van der Waals surface area contributed by atoms with E-state index in [0.717, 1.165) is 5.69 Å². The number of hydrogen-bond acceptors (Lipinski definition) is 6. The molecule has 0 aromatic carbocycles. The molecule has 0 saturated carbocycles. The van der Waals surface area contributed by atoms with Crippen LogP contribution in [0, 0.1) is 0 Å². The summed E-state index contributed by atoms with van der Waals surface area (Å²) >= 11 is 0. The molecule has 1 aromatic heterocycles. The number of aliphatic hydroxyl groups is 3. The summed E-state index contributed by atoms with van der Waals surface area (Å²) in [6.45, 7) is 2.84. The van der Waals surface area contributed by atoms with E-state index in [1.165, 1.54) is 6.33 Å².